The molecular weight excluding hydrogens is 368 g/mol. The van der Waals surface area contributed by atoms with Gasteiger partial charge in [-0.2, -0.15) is 0 Å². The highest BCUT2D eigenvalue weighted by Gasteiger charge is 2.21. The first kappa shape index (κ1) is 20.5. The van der Waals surface area contributed by atoms with Gasteiger partial charge in [-0.1, -0.05) is 30.3 Å². The molecule has 1 aromatic carbocycles. The van der Waals surface area contributed by atoms with Gasteiger partial charge in [0.25, 0.3) is 5.91 Å². The maximum Gasteiger partial charge on any atom is 0.340 e. The molecule has 0 radical (unpaired) electrons. The maximum atomic E-state index is 12.6. The number of aromatic nitrogens is 1. The zero-order chi connectivity index (χ0) is 21.0. The second-order valence-corrected chi connectivity index (χ2v) is 7.12. The Morgan fingerprint density at radius 2 is 1.86 bits per heavy atom. The molecule has 2 heterocycles. The van der Waals surface area contributed by atoms with Crippen molar-refractivity contribution in [3.05, 3.63) is 83.1 Å². The van der Waals surface area contributed by atoms with Crippen molar-refractivity contribution in [3.63, 3.8) is 0 Å². The summed E-state index contributed by atoms with van der Waals surface area (Å²) in [6.07, 6.45) is 1.62. The molecule has 6 nitrogen and oxygen atoms in total. The summed E-state index contributed by atoms with van der Waals surface area (Å²) < 4.78 is 12.7. The number of hydrogen-bond donors (Lipinski definition) is 0. The number of rotatable bonds is 7. The van der Waals surface area contributed by atoms with E-state index in [0.29, 0.717) is 12.1 Å². The second kappa shape index (κ2) is 8.82. The number of esters is 1. The average Bonchev–Trinajstić information content (AvgIpc) is 3.35. The van der Waals surface area contributed by atoms with Crippen LogP contribution in [0.3, 0.4) is 0 Å². The molecular formula is C23H26N2O4. The first-order chi connectivity index (χ1) is 13.9. The van der Waals surface area contributed by atoms with Gasteiger partial charge in [0.1, 0.15) is 5.76 Å². The van der Waals surface area contributed by atoms with Gasteiger partial charge in [0.15, 0.2) is 6.61 Å². The van der Waals surface area contributed by atoms with Gasteiger partial charge in [-0.15, -0.1) is 0 Å². The number of amides is 1. The molecule has 0 saturated carbocycles. The molecule has 2 aromatic heterocycles. The topological polar surface area (TPSA) is 64.7 Å². The van der Waals surface area contributed by atoms with E-state index < -0.39 is 5.97 Å². The summed E-state index contributed by atoms with van der Waals surface area (Å²) in [5, 5.41) is 0. The van der Waals surface area contributed by atoms with E-state index in [9.17, 15) is 9.59 Å². The van der Waals surface area contributed by atoms with Gasteiger partial charge >= 0.3 is 5.97 Å². The smallest absolute Gasteiger partial charge is 0.340 e. The van der Waals surface area contributed by atoms with Gasteiger partial charge in [-0.25, -0.2) is 4.79 Å². The molecule has 29 heavy (non-hydrogen) atoms. The summed E-state index contributed by atoms with van der Waals surface area (Å²) in [5.41, 5.74) is 3.19. The van der Waals surface area contributed by atoms with Crippen LogP contribution in [0.2, 0.25) is 0 Å². The molecule has 0 N–H and O–H groups in total. The lowest BCUT2D eigenvalue weighted by atomic mass is 10.1. The van der Waals surface area contributed by atoms with Crippen LogP contribution < -0.4 is 0 Å². The number of carbonyl (C=O) groups excluding carboxylic acids is 2. The Kier molecular flexibility index (Phi) is 6.22. The Balaban J connectivity index is 1.62. The molecule has 0 aliphatic rings. The van der Waals surface area contributed by atoms with E-state index in [4.69, 9.17) is 9.15 Å². The minimum absolute atomic E-state index is 0.110. The molecule has 0 aliphatic heterocycles. The molecule has 0 fully saturated rings. The van der Waals surface area contributed by atoms with Crippen LogP contribution in [0.5, 0.6) is 0 Å². The van der Waals surface area contributed by atoms with Crippen LogP contribution in [-0.4, -0.2) is 35.0 Å². The number of hydrogen-bond acceptors (Lipinski definition) is 4. The number of aryl methyl sites for hydroxylation is 1. The van der Waals surface area contributed by atoms with E-state index in [-0.39, 0.29) is 18.6 Å². The molecule has 0 saturated heterocycles. The van der Waals surface area contributed by atoms with Gasteiger partial charge in [0.05, 0.1) is 24.4 Å². The van der Waals surface area contributed by atoms with E-state index >= 15 is 0 Å². The molecule has 1 amide bonds. The number of nitrogens with zero attached hydrogens (tertiary/aromatic N) is 2. The predicted octanol–water partition coefficient (Wildman–Crippen LogP) is 4.12. The van der Waals surface area contributed by atoms with Crippen molar-refractivity contribution in [2.45, 2.75) is 33.4 Å². The SMILES string of the molecule is Cc1cc(C(=O)OCC(=O)N(C)[C@@H](C)c2ccccc2)c(C)n1Cc1ccco1. The molecule has 3 rings (SSSR count). The summed E-state index contributed by atoms with van der Waals surface area (Å²) in [7, 11) is 1.71. The largest absolute Gasteiger partial charge is 0.467 e. The third-order valence-corrected chi connectivity index (χ3v) is 5.27. The highest BCUT2D eigenvalue weighted by atomic mass is 16.5. The molecule has 6 heteroatoms. The minimum atomic E-state index is -0.502. The zero-order valence-corrected chi connectivity index (χ0v) is 17.2. The lowest BCUT2D eigenvalue weighted by Crippen LogP contribution is -2.33. The predicted molar refractivity (Wildman–Crippen MR) is 110 cm³/mol. The van der Waals surface area contributed by atoms with E-state index in [1.165, 1.54) is 0 Å². The number of ether oxygens (including phenoxy) is 1. The van der Waals surface area contributed by atoms with Gasteiger partial charge < -0.3 is 18.6 Å². The van der Waals surface area contributed by atoms with Crippen molar-refractivity contribution in [2.24, 2.45) is 0 Å². The third-order valence-electron chi connectivity index (χ3n) is 5.27. The lowest BCUT2D eigenvalue weighted by molar-refractivity contribution is -0.135. The summed E-state index contributed by atoms with van der Waals surface area (Å²) in [6.45, 7) is 5.96. The van der Waals surface area contributed by atoms with Crippen molar-refractivity contribution in [1.29, 1.82) is 0 Å². The molecule has 1 atom stereocenters. The van der Waals surface area contributed by atoms with E-state index in [2.05, 4.69) is 0 Å². The standard InChI is InChI=1S/C23H26N2O4/c1-16-13-21(18(3)25(16)14-20-11-8-12-28-20)23(27)29-15-22(26)24(4)17(2)19-9-6-5-7-10-19/h5-13,17H,14-15H2,1-4H3/t17-/m0/s1. The number of furan rings is 1. The minimum Gasteiger partial charge on any atom is -0.467 e. The molecule has 3 aromatic rings. The first-order valence-corrected chi connectivity index (χ1v) is 9.55. The lowest BCUT2D eigenvalue weighted by Gasteiger charge is -2.25. The summed E-state index contributed by atoms with van der Waals surface area (Å²) in [6, 6.07) is 15.1. The zero-order valence-electron chi connectivity index (χ0n) is 17.2. The quantitative estimate of drug-likeness (QED) is 0.566. The van der Waals surface area contributed by atoms with Gasteiger partial charge in [-0.05, 0) is 44.5 Å². The van der Waals surface area contributed by atoms with E-state index in [1.807, 2.05) is 67.8 Å². The van der Waals surface area contributed by atoms with Gasteiger partial charge in [0.2, 0.25) is 0 Å². The third kappa shape index (κ3) is 4.59. The van der Waals surface area contributed by atoms with Crippen molar-refractivity contribution >= 4 is 11.9 Å². The normalized spacial score (nSPS) is 11.9. The molecule has 0 spiro atoms. The van der Waals surface area contributed by atoms with E-state index in [0.717, 1.165) is 22.7 Å². The van der Waals surface area contributed by atoms with Crippen LogP contribution in [-0.2, 0) is 16.1 Å². The van der Waals surface area contributed by atoms with E-state index in [1.54, 1.807) is 24.3 Å². The Morgan fingerprint density at radius 1 is 1.14 bits per heavy atom. The van der Waals surface area contributed by atoms with Crippen molar-refractivity contribution in [2.75, 3.05) is 13.7 Å². The van der Waals surface area contributed by atoms with Crippen molar-refractivity contribution in [3.8, 4) is 0 Å². The molecule has 0 unspecified atom stereocenters. The van der Waals surface area contributed by atoms with Crippen molar-refractivity contribution in [1.82, 2.24) is 9.47 Å². The number of benzene rings is 1. The van der Waals surface area contributed by atoms with Crippen LogP contribution in [0.4, 0.5) is 0 Å². The van der Waals surface area contributed by atoms with Crippen LogP contribution >= 0.6 is 0 Å². The summed E-state index contributed by atoms with van der Waals surface area (Å²) in [4.78, 5) is 26.7. The average molecular weight is 394 g/mol. The maximum absolute atomic E-state index is 12.6. The molecule has 0 aliphatic carbocycles. The molecule has 152 valence electrons. The van der Waals surface area contributed by atoms with Crippen LogP contribution in [0, 0.1) is 13.8 Å². The van der Waals surface area contributed by atoms with Gasteiger partial charge in [0, 0.05) is 18.4 Å². The highest BCUT2D eigenvalue weighted by Crippen LogP contribution is 2.20. The number of carbonyl (C=O) groups is 2. The molecule has 0 bridgehead atoms. The van der Waals surface area contributed by atoms with Crippen LogP contribution in [0.15, 0.2) is 59.2 Å². The Hall–Kier alpha value is -3.28. The second-order valence-electron chi connectivity index (χ2n) is 7.12. The Labute approximate surface area is 170 Å². The summed E-state index contributed by atoms with van der Waals surface area (Å²) in [5.74, 6) is 0.0513. The fourth-order valence-corrected chi connectivity index (χ4v) is 3.29. The summed E-state index contributed by atoms with van der Waals surface area (Å²) >= 11 is 0. The first-order valence-electron chi connectivity index (χ1n) is 9.55. The Morgan fingerprint density at radius 3 is 2.52 bits per heavy atom. The highest BCUT2D eigenvalue weighted by molar-refractivity contribution is 5.92. The number of likely N-dealkylation sites (N-methyl/N-ethyl adjacent to an activating group) is 1. The fourth-order valence-electron chi connectivity index (χ4n) is 3.29. The van der Waals surface area contributed by atoms with Crippen molar-refractivity contribution < 1.29 is 18.7 Å². The monoisotopic (exact) mass is 394 g/mol. The van der Waals surface area contributed by atoms with Crippen LogP contribution in [0.25, 0.3) is 0 Å². The Bertz CT molecular complexity index is 974. The van der Waals surface area contributed by atoms with Gasteiger partial charge in [-0.3, -0.25) is 4.79 Å². The fraction of sp³-hybridized carbons (Fsp3) is 0.304. The van der Waals surface area contributed by atoms with Crippen LogP contribution in [0.1, 0.15) is 46.0 Å².